The van der Waals surface area contributed by atoms with Crippen molar-refractivity contribution in [1.82, 2.24) is 24.7 Å². The Hall–Kier alpha value is -3.45. The Morgan fingerprint density at radius 2 is 1.86 bits per heavy atom. The summed E-state index contributed by atoms with van der Waals surface area (Å²) in [5.74, 6) is 0.475. The molecule has 1 aliphatic carbocycles. The number of carbonyl (C=O) groups is 1. The Morgan fingerprint density at radius 3 is 2.57 bits per heavy atom. The summed E-state index contributed by atoms with van der Waals surface area (Å²) in [6.07, 6.45) is 10.2. The third-order valence-corrected chi connectivity index (χ3v) is 7.66. The summed E-state index contributed by atoms with van der Waals surface area (Å²) in [5.41, 5.74) is 6.08. The number of fused-ring (bicyclic) bond motifs is 1. The number of nitrogens with zero attached hydrogens (tertiary/aromatic N) is 5. The van der Waals surface area contributed by atoms with E-state index in [-0.39, 0.29) is 5.91 Å². The molecule has 7 nitrogen and oxygen atoms in total. The zero-order valence-corrected chi connectivity index (χ0v) is 20.4. The van der Waals surface area contributed by atoms with Gasteiger partial charge in [0.1, 0.15) is 17.7 Å². The highest BCUT2D eigenvalue weighted by Crippen LogP contribution is 2.56. The van der Waals surface area contributed by atoms with E-state index in [1.807, 2.05) is 25.4 Å². The van der Waals surface area contributed by atoms with E-state index in [2.05, 4.69) is 49.4 Å². The van der Waals surface area contributed by atoms with Crippen LogP contribution in [0.2, 0.25) is 5.02 Å². The molecule has 1 saturated heterocycles. The number of benzene rings is 1. The first-order valence-electron chi connectivity index (χ1n) is 12.1. The van der Waals surface area contributed by atoms with Gasteiger partial charge in [0.15, 0.2) is 0 Å². The quantitative estimate of drug-likeness (QED) is 0.429. The van der Waals surface area contributed by atoms with Crippen LogP contribution >= 0.6 is 11.6 Å². The minimum atomic E-state index is -0.139. The van der Waals surface area contributed by atoms with Gasteiger partial charge in [-0.1, -0.05) is 42.8 Å². The number of anilines is 1. The van der Waals surface area contributed by atoms with E-state index in [9.17, 15) is 4.79 Å². The van der Waals surface area contributed by atoms with Crippen molar-refractivity contribution in [3.63, 3.8) is 0 Å². The lowest BCUT2D eigenvalue weighted by Gasteiger charge is -2.60. The number of aromatic nitrogens is 4. The monoisotopic (exact) mass is 486 g/mol. The van der Waals surface area contributed by atoms with E-state index < -0.39 is 0 Å². The van der Waals surface area contributed by atoms with Gasteiger partial charge in [-0.2, -0.15) is 0 Å². The number of nitrogens with one attached hydrogen (secondary N) is 1. The molecule has 2 aliphatic rings. The van der Waals surface area contributed by atoms with Crippen molar-refractivity contribution in [2.45, 2.75) is 38.6 Å². The average Bonchev–Trinajstić information content (AvgIpc) is 3.20. The Balaban J connectivity index is 1.05. The van der Waals surface area contributed by atoms with E-state index >= 15 is 0 Å². The molecule has 1 spiro atoms. The number of imidazole rings is 1. The molecule has 1 amide bonds. The molecule has 35 heavy (non-hydrogen) atoms. The summed E-state index contributed by atoms with van der Waals surface area (Å²) >= 11 is 6.16. The molecule has 1 N–H and O–H groups in total. The molecule has 8 heteroatoms. The summed E-state index contributed by atoms with van der Waals surface area (Å²) in [5, 5.41) is 3.63. The molecule has 178 valence electrons. The standard InChI is InChI=1S/C27H27ClN6O/c1-2-23-25(34-14-21(28)7-8-24(34)32-23)26(35)31-11-18-3-5-19(6-4-18)20-9-27(10-20)15-33(16-27)22-12-29-17-30-13-22/h3-8,12-14,17,20H,2,9-11,15-16H2,1H3,(H,31,35). The lowest BCUT2D eigenvalue weighted by Crippen LogP contribution is -2.61. The molecule has 0 bridgehead atoms. The first-order valence-corrected chi connectivity index (χ1v) is 12.4. The highest BCUT2D eigenvalue weighted by molar-refractivity contribution is 6.30. The Labute approximate surface area is 209 Å². The SMILES string of the molecule is CCc1nc2ccc(Cl)cn2c1C(=O)NCc1ccc(C2CC3(C2)CN(c2cncnc2)C3)cc1. The molecule has 0 radical (unpaired) electrons. The van der Waals surface area contributed by atoms with Crippen LogP contribution in [0.4, 0.5) is 5.69 Å². The van der Waals surface area contributed by atoms with Gasteiger partial charge in [-0.25, -0.2) is 15.0 Å². The van der Waals surface area contributed by atoms with Gasteiger partial charge in [0.2, 0.25) is 0 Å². The molecule has 0 atom stereocenters. The minimum absolute atomic E-state index is 0.139. The number of amides is 1. The molecule has 1 saturated carbocycles. The second kappa shape index (κ2) is 8.64. The van der Waals surface area contributed by atoms with Crippen molar-refractivity contribution in [2.75, 3.05) is 18.0 Å². The first kappa shape index (κ1) is 22.0. The lowest BCUT2D eigenvalue weighted by molar-refractivity contribution is 0.0633. The zero-order chi connectivity index (χ0) is 24.0. The predicted octanol–water partition coefficient (Wildman–Crippen LogP) is 4.65. The van der Waals surface area contributed by atoms with Crippen LogP contribution in [0.25, 0.3) is 5.65 Å². The summed E-state index contributed by atoms with van der Waals surface area (Å²) in [6, 6.07) is 12.3. The lowest BCUT2D eigenvalue weighted by atomic mass is 9.56. The van der Waals surface area contributed by atoms with Gasteiger partial charge in [0.25, 0.3) is 5.91 Å². The van der Waals surface area contributed by atoms with Gasteiger partial charge in [-0.15, -0.1) is 0 Å². The first-order chi connectivity index (χ1) is 17.0. The number of carbonyl (C=O) groups excluding carboxylic acids is 1. The van der Waals surface area contributed by atoms with E-state index in [4.69, 9.17) is 11.6 Å². The van der Waals surface area contributed by atoms with Crippen LogP contribution < -0.4 is 10.2 Å². The van der Waals surface area contributed by atoms with Crippen LogP contribution in [0.3, 0.4) is 0 Å². The van der Waals surface area contributed by atoms with Crippen molar-refractivity contribution >= 4 is 28.8 Å². The van der Waals surface area contributed by atoms with Gasteiger partial charge in [-0.3, -0.25) is 9.20 Å². The fourth-order valence-corrected chi connectivity index (χ4v) is 5.77. The summed E-state index contributed by atoms with van der Waals surface area (Å²) < 4.78 is 1.78. The molecule has 4 heterocycles. The van der Waals surface area contributed by atoms with Crippen LogP contribution in [-0.2, 0) is 13.0 Å². The van der Waals surface area contributed by atoms with Crippen LogP contribution in [0, 0.1) is 5.41 Å². The fourth-order valence-electron chi connectivity index (χ4n) is 5.61. The summed E-state index contributed by atoms with van der Waals surface area (Å²) in [4.78, 5) is 28.2. The third kappa shape index (κ3) is 4.04. The molecule has 3 aromatic heterocycles. The Kier molecular flexibility index (Phi) is 5.44. The molecular weight excluding hydrogens is 460 g/mol. The highest BCUT2D eigenvalue weighted by atomic mass is 35.5. The largest absolute Gasteiger partial charge is 0.368 e. The van der Waals surface area contributed by atoms with Gasteiger partial charge < -0.3 is 10.2 Å². The predicted molar refractivity (Wildman–Crippen MR) is 136 cm³/mol. The molecule has 1 aliphatic heterocycles. The van der Waals surface area contributed by atoms with E-state index in [1.54, 1.807) is 23.0 Å². The van der Waals surface area contributed by atoms with Crippen molar-refractivity contribution in [3.05, 3.63) is 88.9 Å². The summed E-state index contributed by atoms with van der Waals surface area (Å²) in [6.45, 7) is 4.66. The number of aryl methyl sites for hydroxylation is 1. The maximum absolute atomic E-state index is 13.0. The Morgan fingerprint density at radius 1 is 1.11 bits per heavy atom. The van der Waals surface area contributed by atoms with Gasteiger partial charge in [0, 0.05) is 31.2 Å². The second-order valence-electron chi connectivity index (χ2n) is 9.82. The number of hydrogen-bond acceptors (Lipinski definition) is 5. The Bertz CT molecular complexity index is 1370. The molecule has 1 aromatic carbocycles. The van der Waals surface area contributed by atoms with Gasteiger partial charge in [0.05, 0.1) is 28.8 Å². The number of rotatable bonds is 6. The van der Waals surface area contributed by atoms with Crippen LogP contribution in [-0.4, -0.2) is 38.3 Å². The normalized spacial score (nSPS) is 16.8. The fraction of sp³-hybridized carbons (Fsp3) is 0.333. The smallest absolute Gasteiger partial charge is 0.270 e. The minimum Gasteiger partial charge on any atom is -0.368 e. The molecular formula is C27H27ClN6O. The molecule has 6 rings (SSSR count). The summed E-state index contributed by atoms with van der Waals surface area (Å²) in [7, 11) is 0. The van der Waals surface area contributed by atoms with Crippen molar-refractivity contribution in [1.29, 1.82) is 0 Å². The second-order valence-corrected chi connectivity index (χ2v) is 10.3. The van der Waals surface area contributed by atoms with Gasteiger partial charge >= 0.3 is 0 Å². The van der Waals surface area contributed by atoms with Crippen LogP contribution in [0.5, 0.6) is 0 Å². The van der Waals surface area contributed by atoms with Crippen LogP contribution in [0.1, 0.15) is 53.0 Å². The number of hydrogen-bond donors (Lipinski definition) is 1. The molecule has 4 aromatic rings. The van der Waals surface area contributed by atoms with Crippen molar-refractivity contribution in [2.24, 2.45) is 5.41 Å². The third-order valence-electron chi connectivity index (χ3n) is 7.43. The van der Waals surface area contributed by atoms with Crippen LogP contribution in [0.15, 0.2) is 61.3 Å². The topological polar surface area (TPSA) is 75.4 Å². The number of pyridine rings is 1. The van der Waals surface area contributed by atoms with E-state index in [0.29, 0.717) is 35.0 Å². The van der Waals surface area contributed by atoms with Crippen molar-refractivity contribution in [3.8, 4) is 0 Å². The number of halogens is 1. The molecule has 2 fully saturated rings. The van der Waals surface area contributed by atoms with E-state index in [1.165, 1.54) is 18.4 Å². The van der Waals surface area contributed by atoms with Crippen molar-refractivity contribution < 1.29 is 4.79 Å². The maximum Gasteiger partial charge on any atom is 0.270 e. The molecule has 0 unspecified atom stereocenters. The maximum atomic E-state index is 13.0. The van der Waals surface area contributed by atoms with Gasteiger partial charge in [-0.05, 0) is 48.4 Å². The zero-order valence-electron chi connectivity index (χ0n) is 19.6. The highest BCUT2D eigenvalue weighted by Gasteiger charge is 2.52. The average molecular weight is 487 g/mol. The van der Waals surface area contributed by atoms with E-state index in [0.717, 1.165) is 35.7 Å².